The summed E-state index contributed by atoms with van der Waals surface area (Å²) in [7, 11) is 0. The van der Waals surface area contributed by atoms with Gasteiger partial charge in [-0.05, 0) is 56.2 Å². The number of nitrogens with zero attached hydrogens (tertiary/aromatic N) is 3. The molecule has 0 saturated heterocycles. The zero-order chi connectivity index (χ0) is 25.1. The van der Waals surface area contributed by atoms with Crippen LogP contribution in [0.5, 0.6) is 5.75 Å². The fraction of sp³-hybridized carbons (Fsp3) is 0.207. The van der Waals surface area contributed by atoms with Crippen molar-refractivity contribution in [1.82, 2.24) is 20.4 Å². The molecule has 7 heteroatoms. The number of hydrogen-bond donors (Lipinski definition) is 1. The molecule has 6 nitrogen and oxygen atoms in total. The van der Waals surface area contributed by atoms with Crippen molar-refractivity contribution in [3.63, 3.8) is 0 Å². The summed E-state index contributed by atoms with van der Waals surface area (Å²) in [4.78, 5) is 6.87. The van der Waals surface area contributed by atoms with Crippen molar-refractivity contribution in [2.24, 2.45) is 0 Å². The molecule has 0 fully saturated rings. The molecule has 0 spiro atoms. The maximum atomic E-state index is 5.85. The number of aryl methyl sites for hydroxylation is 1. The van der Waals surface area contributed by atoms with Gasteiger partial charge < -0.3 is 19.5 Å². The Hall–Kier alpha value is -3.97. The summed E-state index contributed by atoms with van der Waals surface area (Å²) in [6.45, 7) is 7.36. The molecule has 0 aliphatic carbocycles. The van der Waals surface area contributed by atoms with Crippen LogP contribution >= 0.6 is 12.2 Å². The third-order valence-corrected chi connectivity index (χ3v) is 6.61. The average Bonchev–Trinajstić information content (AvgIpc) is 3.38. The van der Waals surface area contributed by atoms with Crippen molar-refractivity contribution >= 4 is 22.9 Å². The Morgan fingerprint density at radius 2 is 1.69 bits per heavy atom. The highest BCUT2D eigenvalue weighted by atomic mass is 32.1. The van der Waals surface area contributed by atoms with E-state index in [0.29, 0.717) is 30.0 Å². The van der Waals surface area contributed by atoms with Gasteiger partial charge in [0.05, 0.1) is 18.2 Å². The second kappa shape index (κ2) is 10.3. The number of thiocarbonyl (C=S) groups is 1. The van der Waals surface area contributed by atoms with E-state index in [1.165, 1.54) is 5.56 Å². The predicted octanol–water partition coefficient (Wildman–Crippen LogP) is 6.31. The van der Waals surface area contributed by atoms with Crippen LogP contribution in [0.2, 0.25) is 0 Å². The first kappa shape index (κ1) is 23.8. The quantitative estimate of drug-likeness (QED) is 0.301. The molecule has 0 bridgehead atoms. The van der Waals surface area contributed by atoms with Crippen LogP contribution < -0.4 is 10.1 Å². The molecule has 1 aliphatic rings. The van der Waals surface area contributed by atoms with Gasteiger partial charge in [0.2, 0.25) is 5.82 Å². The van der Waals surface area contributed by atoms with Crippen LogP contribution in [0.3, 0.4) is 0 Å². The molecule has 5 rings (SSSR count). The Balaban J connectivity index is 1.55. The molecule has 1 unspecified atom stereocenters. The van der Waals surface area contributed by atoms with Crippen molar-refractivity contribution in [1.29, 1.82) is 0 Å². The van der Waals surface area contributed by atoms with Gasteiger partial charge in [0, 0.05) is 17.8 Å². The molecule has 1 atom stereocenters. The lowest BCUT2D eigenvalue weighted by Crippen LogP contribution is -2.45. The van der Waals surface area contributed by atoms with E-state index in [9.17, 15) is 0 Å². The van der Waals surface area contributed by atoms with Gasteiger partial charge in [0.25, 0.3) is 5.89 Å². The molecule has 0 amide bonds. The second-order valence-corrected chi connectivity index (χ2v) is 9.13. The standard InChI is InChI=1S/C29H28N4O2S/c1-4-34-24-16-12-21(13-17-24)18-33-20(3)25(26(30-29(33)36)22-14-10-19(2)11-15-22)28-31-27(32-35-28)23-8-6-5-7-9-23/h5-17,26H,4,18H2,1-3H3,(H,30,36). The van der Waals surface area contributed by atoms with E-state index in [1.807, 2.05) is 49.4 Å². The first-order valence-electron chi connectivity index (χ1n) is 12.0. The van der Waals surface area contributed by atoms with Gasteiger partial charge >= 0.3 is 0 Å². The predicted molar refractivity (Wildman–Crippen MR) is 145 cm³/mol. The van der Waals surface area contributed by atoms with Crippen LogP contribution in [0.1, 0.15) is 42.5 Å². The Bertz CT molecular complexity index is 1380. The molecule has 1 N–H and O–H groups in total. The van der Waals surface area contributed by atoms with Crippen molar-refractivity contribution < 1.29 is 9.26 Å². The summed E-state index contributed by atoms with van der Waals surface area (Å²) in [5.74, 6) is 1.88. The highest BCUT2D eigenvalue weighted by Crippen LogP contribution is 2.38. The number of ether oxygens (including phenoxy) is 1. The highest BCUT2D eigenvalue weighted by Gasteiger charge is 2.34. The molecule has 1 aliphatic heterocycles. The third-order valence-electron chi connectivity index (χ3n) is 6.27. The smallest absolute Gasteiger partial charge is 0.258 e. The molecule has 0 radical (unpaired) electrons. The van der Waals surface area contributed by atoms with Gasteiger partial charge in [-0.3, -0.25) is 0 Å². The number of benzene rings is 3. The van der Waals surface area contributed by atoms with Gasteiger partial charge in [-0.2, -0.15) is 4.98 Å². The molecular weight excluding hydrogens is 468 g/mol. The maximum Gasteiger partial charge on any atom is 0.258 e. The van der Waals surface area contributed by atoms with E-state index in [4.69, 9.17) is 26.5 Å². The van der Waals surface area contributed by atoms with E-state index < -0.39 is 0 Å². The molecule has 36 heavy (non-hydrogen) atoms. The lowest BCUT2D eigenvalue weighted by molar-refractivity contribution is 0.340. The molecule has 2 heterocycles. The number of rotatable bonds is 7. The summed E-state index contributed by atoms with van der Waals surface area (Å²) in [6.07, 6.45) is 0. The molecular formula is C29H28N4O2S. The van der Waals surface area contributed by atoms with Crippen molar-refractivity contribution in [3.8, 4) is 17.1 Å². The maximum absolute atomic E-state index is 5.85. The van der Waals surface area contributed by atoms with E-state index in [-0.39, 0.29) is 6.04 Å². The first-order valence-corrected chi connectivity index (χ1v) is 12.4. The van der Waals surface area contributed by atoms with Crippen LogP contribution in [-0.2, 0) is 6.54 Å². The summed E-state index contributed by atoms with van der Waals surface area (Å²) >= 11 is 5.85. The summed E-state index contributed by atoms with van der Waals surface area (Å²) in [5, 5.41) is 8.46. The number of hydrogen-bond acceptors (Lipinski definition) is 5. The summed E-state index contributed by atoms with van der Waals surface area (Å²) < 4.78 is 11.4. The first-order chi connectivity index (χ1) is 17.5. The molecule has 0 saturated carbocycles. The van der Waals surface area contributed by atoms with Crippen LogP contribution in [0.15, 0.2) is 89.1 Å². The van der Waals surface area contributed by atoms with E-state index in [2.05, 4.69) is 65.6 Å². The fourth-order valence-corrected chi connectivity index (χ4v) is 4.65. The van der Waals surface area contributed by atoms with Crippen molar-refractivity contribution in [2.45, 2.75) is 33.4 Å². The minimum Gasteiger partial charge on any atom is -0.494 e. The lowest BCUT2D eigenvalue weighted by Gasteiger charge is -2.37. The van der Waals surface area contributed by atoms with Gasteiger partial charge in [-0.15, -0.1) is 0 Å². The third kappa shape index (κ3) is 4.88. The van der Waals surface area contributed by atoms with Crippen LogP contribution in [0.4, 0.5) is 0 Å². The second-order valence-electron chi connectivity index (χ2n) is 8.74. The molecule has 4 aromatic rings. The molecule has 182 valence electrons. The number of nitrogens with one attached hydrogen (secondary N) is 1. The van der Waals surface area contributed by atoms with Crippen molar-refractivity contribution in [2.75, 3.05) is 6.61 Å². The van der Waals surface area contributed by atoms with Crippen molar-refractivity contribution in [3.05, 3.63) is 107 Å². The zero-order valence-electron chi connectivity index (χ0n) is 20.6. The fourth-order valence-electron chi connectivity index (χ4n) is 4.34. The Kier molecular flexibility index (Phi) is 6.82. The van der Waals surface area contributed by atoms with E-state index >= 15 is 0 Å². The van der Waals surface area contributed by atoms with Gasteiger partial charge in [0.15, 0.2) is 5.11 Å². The van der Waals surface area contributed by atoms with Crippen LogP contribution in [0.25, 0.3) is 17.0 Å². The molecule has 1 aromatic heterocycles. The number of allylic oxidation sites excluding steroid dienone is 1. The largest absolute Gasteiger partial charge is 0.494 e. The normalized spacial score (nSPS) is 15.7. The molecule has 3 aromatic carbocycles. The monoisotopic (exact) mass is 496 g/mol. The average molecular weight is 497 g/mol. The van der Waals surface area contributed by atoms with Crippen LogP contribution in [-0.4, -0.2) is 26.8 Å². The van der Waals surface area contributed by atoms with Gasteiger partial charge in [-0.1, -0.05) is 77.5 Å². The summed E-state index contributed by atoms with van der Waals surface area (Å²) in [5.41, 5.74) is 6.18. The van der Waals surface area contributed by atoms with Gasteiger partial charge in [-0.25, -0.2) is 0 Å². The zero-order valence-corrected chi connectivity index (χ0v) is 21.4. The van der Waals surface area contributed by atoms with E-state index in [1.54, 1.807) is 0 Å². The minimum absolute atomic E-state index is 0.209. The Morgan fingerprint density at radius 1 is 0.972 bits per heavy atom. The Labute approximate surface area is 216 Å². The Morgan fingerprint density at radius 3 is 2.39 bits per heavy atom. The van der Waals surface area contributed by atoms with Crippen LogP contribution in [0, 0.1) is 6.92 Å². The summed E-state index contributed by atoms with van der Waals surface area (Å²) in [6, 6.07) is 26.1. The topological polar surface area (TPSA) is 63.4 Å². The van der Waals surface area contributed by atoms with E-state index in [0.717, 1.165) is 33.7 Å². The highest BCUT2D eigenvalue weighted by molar-refractivity contribution is 7.80. The lowest BCUT2D eigenvalue weighted by atomic mass is 9.94. The SMILES string of the molecule is CCOc1ccc(CN2C(=S)NC(c3ccc(C)cc3)C(c3nc(-c4ccccc4)no3)=C2C)cc1. The number of aromatic nitrogens is 2. The van der Waals surface area contributed by atoms with Gasteiger partial charge in [0.1, 0.15) is 5.75 Å². The minimum atomic E-state index is -0.209.